The van der Waals surface area contributed by atoms with E-state index in [0.717, 1.165) is 0 Å². The molecule has 0 bridgehead atoms. The van der Waals surface area contributed by atoms with Crippen molar-refractivity contribution in [1.29, 1.82) is 0 Å². The van der Waals surface area contributed by atoms with Crippen molar-refractivity contribution in [2.24, 2.45) is 0 Å². The standard InChI is InChI=1S/C10H18N2O6S/c13-8(9(14)15)1-4-11-10(16)12-7-2-5-19(17,18)6-3-7/h7-8,13H,1-6H2,(H,14,15)(H2,11,12,16)/t8-/m0/s1. The van der Waals surface area contributed by atoms with E-state index in [-0.39, 0.29) is 30.5 Å². The lowest BCUT2D eigenvalue weighted by Crippen LogP contribution is -2.46. The maximum atomic E-state index is 11.4. The lowest BCUT2D eigenvalue weighted by molar-refractivity contribution is -0.146. The number of aliphatic carboxylic acids is 1. The molecule has 1 saturated heterocycles. The summed E-state index contributed by atoms with van der Waals surface area (Å²) in [6, 6.07) is -0.671. The lowest BCUT2D eigenvalue weighted by Gasteiger charge is -2.23. The summed E-state index contributed by atoms with van der Waals surface area (Å²) in [4.78, 5) is 21.7. The minimum atomic E-state index is -2.96. The van der Waals surface area contributed by atoms with Crippen LogP contribution in [0.1, 0.15) is 19.3 Å². The van der Waals surface area contributed by atoms with Crippen LogP contribution in [-0.4, -0.2) is 60.8 Å². The van der Waals surface area contributed by atoms with Crippen molar-refractivity contribution in [3.05, 3.63) is 0 Å². The molecule has 0 aromatic carbocycles. The SMILES string of the molecule is O=C(NCC[C@H](O)C(=O)O)NC1CCS(=O)(=O)CC1. The van der Waals surface area contributed by atoms with Gasteiger partial charge in [-0.25, -0.2) is 18.0 Å². The minimum absolute atomic E-state index is 0.0321. The highest BCUT2D eigenvalue weighted by Gasteiger charge is 2.24. The quantitative estimate of drug-likeness (QED) is 0.498. The Balaban J connectivity index is 2.20. The van der Waals surface area contributed by atoms with Crippen molar-refractivity contribution < 1.29 is 28.2 Å². The molecule has 4 N–H and O–H groups in total. The Morgan fingerprint density at radius 1 is 1.26 bits per heavy atom. The predicted molar refractivity (Wildman–Crippen MR) is 66.5 cm³/mol. The number of carbonyl (C=O) groups is 2. The van der Waals surface area contributed by atoms with Gasteiger partial charge in [-0.15, -0.1) is 0 Å². The number of carboxylic acid groups (broad SMARTS) is 1. The third kappa shape index (κ3) is 5.88. The van der Waals surface area contributed by atoms with Gasteiger partial charge in [0.05, 0.1) is 11.5 Å². The topological polar surface area (TPSA) is 133 Å². The first kappa shape index (κ1) is 15.7. The molecule has 9 heteroatoms. The molecule has 0 unspecified atom stereocenters. The molecule has 1 fully saturated rings. The van der Waals surface area contributed by atoms with E-state index >= 15 is 0 Å². The average Bonchev–Trinajstić information content (AvgIpc) is 2.31. The van der Waals surface area contributed by atoms with Gasteiger partial charge in [-0.2, -0.15) is 0 Å². The van der Waals surface area contributed by atoms with Crippen molar-refractivity contribution in [3.8, 4) is 0 Å². The summed E-state index contributed by atoms with van der Waals surface area (Å²) in [5, 5.41) is 22.4. The van der Waals surface area contributed by atoms with Gasteiger partial charge in [0.2, 0.25) is 0 Å². The van der Waals surface area contributed by atoms with E-state index in [0.29, 0.717) is 12.8 Å². The summed E-state index contributed by atoms with van der Waals surface area (Å²) < 4.78 is 22.4. The van der Waals surface area contributed by atoms with Gasteiger partial charge in [0.15, 0.2) is 6.10 Å². The molecule has 2 amide bonds. The molecule has 0 saturated carbocycles. The number of carbonyl (C=O) groups excluding carboxylic acids is 1. The molecular formula is C10H18N2O6S. The average molecular weight is 294 g/mol. The van der Waals surface area contributed by atoms with Crippen molar-refractivity contribution in [3.63, 3.8) is 0 Å². The lowest BCUT2D eigenvalue weighted by atomic mass is 10.2. The van der Waals surface area contributed by atoms with Gasteiger partial charge < -0.3 is 20.8 Å². The molecule has 110 valence electrons. The molecule has 1 rings (SSSR count). The number of hydrogen-bond acceptors (Lipinski definition) is 5. The molecule has 19 heavy (non-hydrogen) atoms. The van der Waals surface area contributed by atoms with Crippen LogP contribution < -0.4 is 10.6 Å². The van der Waals surface area contributed by atoms with Crippen LogP contribution in [0.25, 0.3) is 0 Å². The Hall–Kier alpha value is -1.35. The summed E-state index contributed by atoms with van der Waals surface area (Å²) in [6.45, 7) is 0.0321. The molecule has 1 aliphatic heterocycles. The van der Waals surface area contributed by atoms with Crippen LogP contribution in [0, 0.1) is 0 Å². The van der Waals surface area contributed by atoms with Crippen molar-refractivity contribution in [1.82, 2.24) is 10.6 Å². The normalized spacial score (nSPS) is 20.5. The zero-order valence-electron chi connectivity index (χ0n) is 10.3. The molecule has 0 spiro atoms. The second kappa shape index (κ2) is 6.71. The van der Waals surface area contributed by atoms with E-state index in [1.807, 2.05) is 0 Å². The van der Waals surface area contributed by atoms with E-state index in [1.54, 1.807) is 0 Å². The molecule has 0 aromatic heterocycles. The van der Waals surface area contributed by atoms with Gasteiger partial charge in [0, 0.05) is 19.0 Å². The first-order chi connectivity index (χ1) is 8.80. The van der Waals surface area contributed by atoms with E-state index in [4.69, 9.17) is 10.2 Å². The van der Waals surface area contributed by atoms with E-state index in [1.165, 1.54) is 0 Å². The fourth-order valence-electron chi connectivity index (χ4n) is 1.72. The highest BCUT2D eigenvalue weighted by atomic mass is 32.2. The minimum Gasteiger partial charge on any atom is -0.479 e. The van der Waals surface area contributed by atoms with Gasteiger partial charge >= 0.3 is 12.0 Å². The number of carboxylic acids is 1. The van der Waals surface area contributed by atoms with Gasteiger partial charge in [0.1, 0.15) is 9.84 Å². The van der Waals surface area contributed by atoms with Gasteiger partial charge in [0.25, 0.3) is 0 Å². The smallest absolute Gasteiger partial charge is 0.332 e. The molecular weight excluding hydrogens is 276 g/mol. The summed E-state index contributed by atoms with van der Waals surface area (Å²) >= 11 is 0. The van der Waals surface area contributed by atoms with Gasteiger partial charge in [-0.05, 0) is 12.8 Å². The first-order valence-electron chi connectivity index (χ1n) is 5.96. The number of aliphatic hydroxyl groups excluding tert-OH is 1. The Labute approximate surface area is 111 Å². The molecule has 0 aromatic rings. The third-order valence-corrected chi connectivity index (χ3v) is 4.59. The van der Waals surface area contributed by atoms with E-state index < -0.39 is 27.9 Å². The highest BCUT2D eigenvalue weighted by Crippen LogP contribution is 2.11. The number of urea groups is 1. The van der Waals surface area contributed by atoms with Crippen LogP contribution in [-0.2, 0) is 14.6 Å². The Morgan fingerprint density at radius 2 is 1.84 bits per heavy atom. The Morgan fingerprint density at radius 3 is 2.37 bits per heavy atom. The molecule has 0 radical (unpaired) electrons. The number of aliphatic hydroxyl groups is 1. The maximum Gasteiger partial charge on any atom is 0.332 e. The Bertz CT molecular complexity index is 421. The number of rotatable bonds is 5. The second-order valence-corrected chi connectivity index (χ2v) is 6.77. The monoisotopic (exact) mass is 294 g/mol. The number of amides is 2. The van der Waals surface area contributed by atoms with E-state index in [2.05, 4.69) is 10.6 Å². The van der Waals surface area contributed by atoms with E-state index in [9.17, 15) is 18.0 Å². The number of sulfone groups is 1. The molecule has 0 aliphatic carbocycles. The molecule has 1 atom stereocenters. The van der Waals surface area contributed by atoms with Gasteiger partial charge in [-0.3, -0.25) is 0 Å². The van der Waals surface area contributed by atoms with Crippen LogP contribution in [0.3, 0.4) is 0 Å². The zero-order chi connectivity index (χ0) is 14.5. The molecule has 8 nitrogen and oxygen atoms in total. The Kier molecular flexibility index (Phi) is 5.55. The van der Waals surface area contributed by atoms with Crippen LogP contribution in [0.5, 0.6) is 0 Å². The fourth-order valence-corrected chi connectivity index (χ4v) is 3.21. The highest BCUT2D eigenvalue weighted by molar-refractivity contribution is 7.91. The van der Waals surface area contributed by atoms with Crippen LogP contribution in [0.15, 0.2) is 0 Å². The van der Waals surface area contributed by atoms with Crippen molar-refractivity contribution in [2.75, 3.05) is 18.1 Å². The summed E-state index contributed by atoms with van der Waals surface area (Å²) in [5.74, 6) is -1.20. The zero-order valence-corrected chi connectivity index (χ0v) is 11.1. The number of nitrogens with one attached hydrogen (secondary N) is 2. The predicted octanol–water partition coefficient (Wildman–Crippen LogP) is -1.30. The third-order valence-electron chi connectivity index (χ3n) is 2.88. The summed E-state index contributed by atoms with van der Waals surface area (Å²) in [6.07, 6.45) is -0.817. The largest absolute Gasteiger partial charge is 0.479 e. The molecule has 1 aliphatic rings. The second-order valence-electron chi connectivity index (χ2n) is 4.47. The van der Waals surface area contributed by atoms with Crippen molar-refractivity contribution in [2.45, 2.75) is 31.4 Å². The number of hydrogen-bond donors (Lipinski definition) is 4. The summed E-state index contributed by atoms with van der Waals surface area (Å²) in [7, 11) is -2.96. The van der Waals surface area contributed by atoms with Gasteiger partial charge in [-0.1, -0.05) is 0 Å². The van der Waals surface area contributed by atoms with Crippen LogP contribution in [0.4, 0.5) is 4.79 Å². The van der Waals surface area contributed by atoms with Crippen molar-refractivity contribution >= 4 is 21.8 Å². The fraction of sp³-hybridized carbons (Fsp3) is 0.800. The summed E-state index contributed by atoms with van der Waals surface area (Å²) in [5.41, 5.74) is 0. The molecule has 1 heterocycles. The van der Waals surface area contributed by atoms with Crippen LogP contribution in [0.2, 0.25) is 0 Å². The first-order valence-corrected chi connectivity index (χ1v) is 7.78. The van der Waals surface area contributed by atoms with Crippen LogP contribution >= 0.6 is 0 Å². The maximum absolute atomic E-state index is 11.4.